The van der Waals surface area contributed by atoms with Crippen LogP contribution < -0.4 is 0 Å². The second-order valence-corrected chi connectivity index (χ2v) is 6.40. The Morgan fingerprint density at radius 2 is 2.00 bits per heavy atom. The normalized spacial score (nSPS) is 11.4. The van der Waals surface area contributed by atoms with Crippen LogP contribution in [0.4, 0.5) is 0 Å². The van der Waals surface area contributed by atoms with Crippen LogP contribution in [-0.4, -0.2) is 35.1 Å². The van der Waals surface area contributed by atoms with Gasteiger partial charge in [0.1, 0.15) is 6.61 Å². The fourth-order valence-corrected chi connectivity index (χ4v) is 1.44. The molecule has 0 unspecified atom stereocenters. The van der Waals surface area contributed by atoms with Crippen molar-refractivity contribution in [3.05, 3.63) is 0 Å². The Hall–Kier alpha value is 0.170. The van der Waals surface area contributed by atoms with E-state index in [4.69, 9.17) is 4.74 Å². The first kappa shape index (κ1) is 13.2. The maximum absolute atomic E-state index is 11.1. The first-order chi connectivity index (χ1) is 5.95. The summed E-state index contributed by atoms with van der Waals surface area (Å²) in [6.45, 7) is 6.80. The van der Waals surface area contributed by atoms with Crippen molar-refractivity contribution in [1.82, 2.24) is 0 Å². The molecule has 0 aliphatic rings. The molecule has 78 valence electrons. The van der Waals surface area contributed by atoms with E-state index in [0.29, 0.717) is 12.4 Å². The SMILES string of the molecule is CSCCOC(=O)CSC(C)(C)C. The predicted molar refractivity (Wildman–Crippen MR) is 61.6 cm³/mol. The lowest BCUT2D eigenvalue weighted by Gasteiger charge is -2.16. The highest BCUT2D eigenvalue weighted by atomic mass is 32.2. The van der Waals surface area contributed by atoms with Gasteiger partial charge in [0.15, 0.2) is 0 Å². The number of carbonyl (C=O) groups excluding carboxylic acids is 1. The van der Waals surface area contributed by atoms with Crippen LogP contribution in [0.5, 0.6) is 0 Å². The van der Waals surface area contributed by atoms with Gasteiger partial charge in [-0.2, -0.15) is 11.8 Å². The van der Waals surface area contributed by atoms with Crippen LogP contribution >= 0.6 is 23.5 Å². The van der Waals surface area contributed by atoms with Crippen LogP contribution in [0.3, 0.4) is 0 Å². The number of rotatable bonds is 5. The fourth-order valence-electron chi connectivity index (χ4n) is 0.556. The van der Waals surface area contributed by atoms with Crippen LogP contribution in [0.15, 0.2) is 0 Å². The molecular formula is C9H18O2S2. The maximum Gasteiger partial charge on any atom is 0.315 e. The number of hydrogen-bond donors (Lipinski definition) is 0. The second kappa shape index (κ2) is 6.60. The van der Waals surface area contributed by atoms with Crippen molar-refractivity contribution in [2.75, 3.05) is 24.4 Å². The van der Waals surface area contributed by atoms with Crippen molar-refractivity contribution in [3.63, 3.8) is 0 Å². The van der Waals surface area contributed by atoms with Crippen molar-refractivity contribution >= 4 is 29.5 Å². The summed E-state index contributed by atoms with van der Waals surface area (Å²) < 4.78 is 5.13. The van der Waals surface area contributed by atoms with E-state index in [-0.39, 0.29) is 10.7 Å². The second-order valence-electron chi connectivity index (χ2n) is 3.61. The Morgan fingerprint density at radius 3 is 2.46 bits per heavy atom. The van der Waals surface area contributed by atoms with Gasteiger partial charge in [-0.05, 0) is 6.26 Å². The lowest BCUT2D eigenvalue weighted by Crippen LogP contribution is -2.15. The average Bonchev–Trinajstić information content (AvgIpc) is 2.00. The van der Waals surface area contributed by atoms with Crippen molar-refractivity contribution in [2.24, 2.45) is 0 Å². The van der Waals surface area contributed by atoms with Gasteiger partial charge in [-0.15, -0.1) is 11.8 Å². The number of thioether (sulfide) groups is 2. The van der Waals surface area contributed by atoms with Gasteiger partial charge in [-0.25, -0.2) is 0 Å². The molecule has 0 N–H and O–H groups in total. The smallest absolute Gasteiger partial charge is 0.315 e. The monoisotopic (exact) mass is 222 g/mol. The van der Waals surface area contributed by atoms with Gasteiger partial charge in [0.2, 0.25) is 0 Å². The summed E-state index contributed by atoms with van der Waals surface area (Å²) in [5.74, 6) is 1.23. The van der Waals surface area contributed by atoms with Crippen LogP contribution in [0.1, 0.15) is 20.8 Å². The molecule has 0 radical (unpaired) electrons. The molecule has 4 heteroatoms. The molecule has 0 saturated heterocycles. The third-order valence-electron chi connectivity index (χ3n) is 1.17. The lowest BCUT2D eigenvalue weighted by atomic mass is 10.3. The van der Waals surface area contributed by atoms with E-state index in [2.05, 4.69) is 20.8 Å². The predicted octanol–water partition coefficient (Wildman–Crippen LogP) is 2.42. The van der Waals surface area contributed by atoms with Gasteiger partial charge in [-0.3, -0.25) is 4.79 Å². The fraction of sp³-hybridized carbons (Fsp3) is 0.889. The highest BCUT2D eigenvalue weighted by Crippen LogP contribution is 2.22. The molecule has 0 aliphatic carbocycles. The minimum atomic E-state index is -0.103. The van der Waals surface area contributed by atoms with E-state index >= 15 is 0 Å². The molecule has 0 amide bonds. The van der Waals surface area contributed by atoms with Gasteiger partial charge in [0.05, 0.1) is 5.75 Å². The summed E-state index contributed by atoms with van der Waals surface area (Å²) in [4.78, 5) is 11.1. The molecule has 0 aromatic heterocycles. The van der Waals surface area contributed by atoms with Crippen LogP contribution in [-0.2, 0) is 9.53 Å². The van der Waals surface area contributed by atoms with Gasteiger partial charge in [0.25, 0.3) is 0 Å². The topological polar surface area (TPSA) is 26.3 Å². The van der Waals surface area contributed by atoms with Gasteiger partial charge in [0, 0.05) is 10.5 Å². The number of carbonyl (C=O) groups is 1. The zero-order valence-electron chi connectivity index (χ0n) is 8.75. The Bertz CT molecular complexity index is 152. The van der Waals surface area contributed by atoms with E-state index in [1.54, 1.807) is 23.5 Å². The number of hydrogen-bond acceptors (Lipinski definition) is 4. The Labute approximate surface area is 89.2 Å². The van der Waals surface area contributed by atoms with Gasteiger partial charge in [-0.1, -0.05) is 20.8 Å². The van der Waals surface area contributed by atoms with E-state index in [1.165, 1.54) is 0 Å². The minimum absolute atomic E-state index is 0.103. The van der Waals surface area contributed by atoms with Crippen molar-refractivity contribution in [2.45, 2.75) is 25.5 Å². The molecule has 0 saturated carbocycles. The van der Waals surface area contributed by atoms with Crippen LogP contribution in [0.25, 0.3) is 0 Å². The molecule has 0 rings (SSSR count). The van der Waals surface area contributed by atoms with E-state index < -0.39 is 0 Å². The zero-order valence-corrected chi connectivity index (χ0v) is 10.4. The summed E-state index contributed by atoms with van der Waals surface area (Å²) in [6, 6.07) is 0. The largest absolute Gasteiger partial charge is 0.464 e. The molecule has 0 aliphatic heterocycles. The van der Waals surface area contributed by atoms with Gasteiger partial charge < -0.3 is 4.74 Å². The molecule has 0 bridgehead atoms. The third-order valence-corrected chi connectivity index (χ3v) is 2.99. The number of ether oxygens (including phenoxy) is 1. The Morgan fingerprint density at radius 1 is 1.38 bits per heavy atom. The van der Waals surface area contributed by atoms with E-state index in [9.17, 15) is 4.79 Å². The summed E-state index contributed by atoms with van der Waals surface area (Å²) in [7, 11) is 0. The molecular weight excluding hydrogens is 204 g/mol. The Balaban J connectivity index is 3.41. The molecule has 0 aromatic carbocycles. The van der Waals surface area contributed by atoms with Crippen LogP contribution in [0.2, 0.25) is 0 Å². The molecule has 0 fully saturated rings. The molecule has 0 atom stereocenters. The average molecular weight is 222 g/mol. The molecule has 0 heterocycles. The maximum atomic E-state index is 11.1. The zero-order chi connectivity index (χ0) is 10.3. The minimum Gasteiger partial charge on any atom is -0.464 e. The molecule has 0 spiro atoms. The Kier molecular flexibility index (Phi) is 6.68. The highest BCUT2D eigenvalue weighted by molar-refractivity contribution is 8.01. The molecule has 13 heavy (non-hydrogen) atoms. The first-order valence-electron chi connectivity index (χ1n) is 4.24. The summed E-state index contributed by atoms with van der Waals surface area (Å²) in [6.07, 6.45) is 2.00. The first-order valence-corrected chi connectivity index (χ1v) is 6.62. The molecule has 0 aromatic rings. The van der Waals surface area contributed by atoms with Crippen molar-refractivity contribution in [3.8, 4) is 0 Å². The van der Waals surface area contributed by atoms with Crippen LogP contribution in [0, 0.1) is 0 Å². The van der Waals surface area contributed by atoms with Crippen molar-refractivity contribution in [1.29, 1.82) is 0 Å². The van der Waals surface area contributed by atoms with Crippen molar-refractivity contribution < 1.29 is 9.53 Å². The van der Waals surface area contributed by atoms with E-state index in [0.717, 1.165) is 5.75 Å². The summed E-state index contributed by atoms with van der Waals surface area (Å²) >= 11 is 3.30. The highest BCUT2D eigenvalue weighted by Gasteiger charge is 2.13. The van der Waals surface area contributed by atoms with E-state index in [1.807, 2.05) is 6.26 Å². The summed E-state index contributed by atoms with van der Waals surface area (Å²) in [5.41, 5.74) is 0. The summed E-state index contributed by atoms with van der Waals surface area (Å²) in [5, 5.41) is 0. The quantitative estimate of drug-likeness (QED) is 0.527. The number of esters is 1. The lowest BCUT2D eigenvalue weighted by molar-refractivity contribution is -0.139. The third kappa shape index (κ3) is 10.1. The molecule has 2 nitrogen and oxygen atoms in total. The van der Waals surface area contributed by atoms with Gasteiger partial charge >= 0.3 is 5.97 Å². The standard InChI is InChI=1S/C9H18O2S2/c1-9(2,3)13-7-8(10)11-5-6-12-4/h5-7H2,1-4H3.